The second-order valence-corrected chi connectivity index (χ2v) is 6.39. The molecule has 25 heavy (non-hydrogen) atoms. The molecule has 0 aliphatic carbocycles. The molecule has 132 valence electrons. The smallest absolute Gasteiger partial charge is 0.253 e. The van der Waals surface area contributed by atoms with E-state index in [0.717, 1.165) is 0 Å². The van der Waals surface area contributed by atoms with E-state index < -0.39 is 5.82 Å². The van der Waals surface area contributed by atoms with E-state index in [1.807, 2.05) is 0 Å². The van der Waals surface area contributed by atoms with Gasteiger partial charge in [0, 0.05) is 29.7 Å². The summed E-state index contributed by atoms with van der Waals surface area (Å²) in [5.74, 6) is -0.566. The molecular weight excluding hydrogens is 345 g/mol. The summed E-state index contributed by atoms with van der Waals surface area (Å²) in [5.41, 5.74) is 1.53. The number of likely N-dealkylation sites (N-methyl/N-ethyl adjacent to an activating group) is 1. The number of carbonyl (C=O) groups excluding carboxylic acids is 1. The van der Waals surface area contributed by atoms with Gasteiger partial charge in [-0.05, 0) is 35.9 Å². The molecule has 2 aromatic rings. The summed E-state index contributed by atoms with van der Waals surface area (Å²) in [6.07, 6.45) is -0.125. The van der Waals surface area contributed by atoms with Crippen molar-refractivity contribution in [2.75, 3.05) is 33.4 Å². The first kappa shape index (κ1) is 17.9. The van der Waals surface area contributed by atoms with E-state index in [0.29, 0.717) is 48.1 Å². The molecule has 1 heterocycles. The number of hydrogen-bond acceptors (Lipinski definition) is 3. The monoisotopic (exact) mass is 363 g/mol. The van der Waals surface area contributed by atoms with E-state index in [2.05, 4.69) is 0 Å². The molecule has 0 bridgehead atoms. The Morgan fingerprint density at radius 1 is 1.28 bits per heavy atom. The fraction of sp³-hybridized carbons (Fsp3) is 0.316. The molecule has 6 heteroatoms. The predicted octanol–water partition coefficient (Wildman–Crippen LogP) is 3.63. The minimum absolute atomic E-state index is 0.125. The number of ether oxygens (including phenoxy) is 2. The van der Waals surface area contributed by atoms with Gasteiger partial charge in [-0.15, -0.1) is 0 Å². The van der Waals surface area contributed by atoms with Crippen molar-refractivity contribution in [1.29, 1.82) is 0 Å². The van der Waals surface area contributed by atoms with E-state index >= 15 is 0 Å². The van der Waals surface area contributed by atoms with Gasteiger partial charge in [0.1, 0.15) is 5.82 Å². The van der Waals surface area contributed by atoms with Crippen molar-refractivity contribution < 1.29 is 18.7 Å². The number of nitrogens with zero attached hydrogens (tertiary/aromatic N) is 1. The molecule has 1 atom stereocenters. The Morgan fingerprint density at radius 3 is 2.84 bits per heavy atom. The highest BCUT2D eigenvalue weighted by Gasteiger charge is 2.20. The lowest BCUT2D eigenvalue weighted by atomic mass is 10.0. The fourth-order valence-electron chi connectivity index (χ4n) is 2.79. The zero-order chi connectivity index (χ0) is 17.8. The van der Waals surface area contributed by atoms with Crippen LogP contribution in [-0.4, -0.2) is 50.3 Å². The fourth-order valence-corrected chi connectivity index (χ4v) is 2.95. The molecule has 2 aromatic carbocycles. The van der Waals surface area contributed by atoms with E-state index in [1.54, 1.807) is 48.3 Å². The Hall–Kier alpha value is -1.95. The average molecular weight is 364 g/mol. The van der Waals surface area contributed by atoms with E-state index in [4.69, 9.17) is 21.1 Å². The molecule has 0 N–H and O–H groups in total. The second-order valence-electron chi connectivity index (χ2n) is 5.96. The molecule has 1 amide bonds. The van der Waals surface area contributed by atoms with Gasteiger partial charge in [-0.2, -0.15) is 0 Å². The second kappa shape index (κ2) is 7.95. The van der Waals surface area contributed by atoms with Gasteiger partial charge in [0.05, 0.1) is 25.9 Å². The van der Waals surface area contributed by atoms with Gasteiger partial charge in [0.2, 0.25) is 0 Å². The minimum Gasteiger partial charge on any atom is -0.376 e. The third kappa shape index (κ3) is 4.37. The van der Waals surface area contributed by atoms with Crippen molar-refractivity contribution in [2.24, 2.45) is 0 Å². The van der Waals surface area contributed by atoms with Crippen LogP contribution in [0.3, 0.4) is 0 Å². The molecule has 1 aliphatic rings. The summed E-state index contributed by atoms with van der Waals surface area (Å²) in [6, 6.07) is 11.4. The lowest BCUT2D eigenvalue weighted by Crippen LogP contribution is -2.40. The molecule has 1 unspecified atom stereocenters. The van der Waals surface area contributed by atoms with Crippen molar-refractivity contribution in [3.8, 4) is 11.1 Å². The molecule has 1 fully saturated rings. The Balaban J connectivity index is 1.77. The van der Waals surface area contributed by atoms with Gasteiger partial charge >= 0.3 is 0 Å². The SMILES string of the molecule is CN(CC1COCCO1)C(=O)c1cccc(-c2ccc(Cl)cc2F)c1. The summed E-state index contributed by atoms with van der Waals surface area (Å²) >= 11 is 5.80. The van der Waals surface area contributed by atoms with Gasteiger partial charge < -0.3 is 14.4 Å². The molecular formula is C19H19ClFNO3. The topological polar surface area (TPSA) is 38.8 Å². The molecule has 0 aromatic heterocycles. The highest BCUT2D eigenvalue weighted by molar-refractivity contribution is 6.30. The summed E-state index contributed by atoms with van der Waals surface area (Å²) in [5, 5.41) is 0.336. The van der Waals surface area contributed by atoms with Crippen molar-refractivity contribution in [2.45, 2.75) is 6.10 Å². The third-order valence-electron chi connectivity index (χ3n) is 4.06. The maximum absolute atomic E-state index is 14.1. The highest BCUT2D eigenvalue weighted by atomic mass is 35.5. The molecule has 3 rings (SSSR count). The van der Waals surface area contributed by atoms with Gasteiger partial charge in [-0.3, -0.25) is 4.79 Å². The van der Waals surface area contributed by atoms with Crippen LogP contribution in [0.25, 0.3) is 11.1 Å². The minimum atomic E-state index is -0.418. The van der Waals surface area contributed by atoms with Crippen LogP contribution >= 0.6 is 11.6 Å². The maximum atomic E-state index is 14.1. The summed E-state index contributed by atoms with van der Waals surface area (Å²) < 4.78 is 25.1. The predicted molar refractivity (Wildman–Crippen MR) is 94.4 cm³/mol. The summed E-state index contributed by atoms with van der Waals surface area (Å²) in [7, 11) is 1.72. The molecule has 0 spiro atoms. The first-order chi connectivity index (χ1) is 12.0. The lowest BCUT2D eigenvalue weighted by Gasteiger charge is -2.27. The van der Waals surface area contributed by atoms with Crippen LogP contribution in [0.2, 0.25) is 5.02 Å². The van der Waals surface area contributed by atoms with Crippen LogP contribution in [0.1, 0.15) is 10.4 Å². The van der Waals surface area contributed by atoms with Crippen molar-refractivity contribution >= 4 is 17.5 Å². The van der Waals surface area contributed by atoms with Crippen LogP contribution in [-0.2, 0) is 9.47 Å². The van der Waals surface area contributed by atoms with Gasteiger partial charge in [-0.25, -0.2) is 4.39 Å². The number of rotatable bonds is 4. The largest absolute Gasteiger partial charge is 0.376 e. The zero-order valence-corrected chi connectivity index (χ0v) is 14.6. The van der Waals surface area contributed by atoms with E-state index in [1.165, 1.54) is 6.07 Å². The van der Waals surface area contributed by atoms with Crippen molar-refractivity contribution in [3.05, 3.63) is 58.9 Å². The quantitative estimate of drug-likeness (QED) is 0.832. The van der Waals surface area contributed by atoms with Crippen molar-refractivity contribution in [1.82, 2.24) is 4.90 Å². The first-order valence-electron chi connectivity index (χ1n) is 8.05. The first-order valence-corrected chi connectivity index (χ1v) is 8.42. The Labute approximate surface area is 151 Å². The van der Waals surface area contributed by atoms with Crippen LogP contribution in [0.5, 0.6) is 0 Å². The lowest BCUT2D eigenvalue weighted by molar-refractivity contribution is -0.0933. The number of benzene rings is 2. The molecule has 4 nitrogen and oxygen atoms in total. The van der Waals surface area contributed by atoms with Crippen molar-refractivity contribution in [3.63, 3.8) is 0 Å². The van der Waals surface area contributed by atoms with E-state index in [-0.39, 0.29) is 12.0 Å². The van der Waals surface area contributed by atoms with Crippen LogP contribution in [0.15, 0.2) is 42.5 Å². The number of hydrogen-bond donors (Lipinski definition) is 0. The molecule has 0 saturated carbocycles. The Bertz CT molecular complexity index is 762. The third-order valence-corrected chi connectivity index (χ3v) is 4.30. The standard InChI is InChI=1S/C19H19ClFNO3/c1-22(11-16-12-24-7-8-25-16)19(23)14-4-2-3-13(9-14)17-6-5-15(20)10-18(17)21/h2-6,9-10,16H,7-8,11-12H2,1H3. The highest BCUT2D eigenvalue weighted by Crippen LogP contribution is 2.26. The van der Waals surface area contributed by atoms with Crippen LogP contribution in [0, 0.1) is 5.82 Å². The van der Waals surface area contributed by atoms with Crippen LogP contribution < -0.4 is 0 Å². The van der Waals surface area contributed by atoms with Crippen LogP contribution in [0.4, 0.5) is 4.39 Å². The summed E-state index contributed by atoms with van der Waals surface area (Å²) in [6.45, 7) is 2.05. The maximum Gasteiger partial charge on any atom is 0.253 e. The molecule has 1 saturated heterocycles. The van der Waals surface area contributed by atoms with Gasteiger partial charge in [0.15, 0.2) is 0 Å². The number of halogens is 2. The van der Waals surface area contributed by atoms with Gasteiger partial charge in [-0.1, -0.05) is 23.7 Å². The average Bonchev–Trinajstić information content (AvgIpc) is 2.62. The number of carbonyl (C=O) groups is 1. The zero-order valence-electron chi connectivity index (χ0n) is 13.9. The molecule has 1 aliphatic heterocycles. The number of amides is 1. The van der Waals surface area contributed by atoms with Gasteiger partial charge in [0.25, 0.3) is 5.91 Å². The normalized spacial score (nSPS) is 17.3. The van der Waals surface area contributed by atoms with E-state index in [9.17, 15) is 9.18 Å². The Kier molecular flexibility index (Phi) is 5.68. The molecule has 0 radical (unpaired) electrons. The summed E-state index contributed by atoms with van der Waals surface area (Å²) in [4.78, 5) is 14.2. The Morgan fingerprint density at radius 2 is 2.12 bits per heavy atom.